The highest BCUT2D eigenvalue weighted by Crippen LogP contribution is 2.21. The van der Waals surface area contributed by atoms with Gasteiger partial charge in [0.2, 0.25) is 0 Å². The molecular formula is C19H24N2O. The fourth-order valence-electron chi connectivity index (χ4n) is 2.51. The van der Waals surface area contributed by atoms with Gasteiger partial charge in [0, 0.05) is 17.6 Å². The summed E-state index contributed by atoms with van der Waals surface area (Å²) < 4.78 is 0. The normalized spacial score (nSPS) is 11.1. The fourth-order valence-corrected chi connectivity index (χ4v) is 2.51. The smallest absolute Gasteiger partial charge is 0.319 e. The summed E-state index contributed by atoms with van der Waals surface area (Å²) >= 11 is 0. The molecule has 2 aromatic carbocycles. The summed E-state index contributed by atoms with van der Waals surface area (Å²) in [6.45, 7) is 8.87. The number of hydrogen-bond donors (Lipinski definition) is 2. The SMILES string of the molecule is Cc1cc(C)cc(NC(=O)NCC(C)(C)c2ccccc2)c1. The molecule has 0 unspecified atom stereocenters. The van der Waals surface area contributed by atoms with E-state index < -0.39 is 0 Å². The van der Waals surface area contributed by atoms with Crippen molar-refractivity contribution in [3.8, 4) is 0 Å². The molecule has 2 aromatic rings. The third kappa shape index (κ3) is 4.35. The molecule has 0 radical (unpaired) electrons. The average molecular weight is 296 g/mol. The summed E-state index contributed by atoms with van der Waals surface area (Å²) in [7, 11) is 0. The lowest BCUT2D eigenvalue weighted by molar-refractivity contribution is 0.249. The zero-order valence-electron chi connectivity index (χ0n) is 13.7. The van der Waals surface area contributed by atoms with Crippen molar-refractivity contribution >= 4 is 11.7 Å². The van der Waals surface area contributed by atoms with E-state index in [1.54, 1.807) is 0 Å². The van der Waals surface area contributed by atoms with Gasteiger partial charge in [-0.3, -0.25) is 0 Å². The van der Waals surface area contributed by atoms with Gasteiger partial charge in [0.05, 0.1) is 0 Å². The van der Waals surface area contributed by atoms with E-state index in [1.807, 2.05) is 44.2 Å². The fraction of sp³-hybridized carbons (Fsp3) is 0.316. The first kappa shape index (κ1) is 16.1. The van der Waals surface area contributed by atoms with Gasteiger partial charge in [-0.15, -0.1) is 0 Å². The average Bonchev–Trinajstić information content (AvgIpc) is 2.45. The summed E-state index contributed by atoms with van der Waals surface area (Å²) in [6, 6.07) is 16.1. The molecule has 0 spiro atoms. The summed E-state index contributed by atoms with van der Waals surface area (Å²) in [5.74, 6) is 0. The molecule has 0 heterocycles. The van der Waals surface area contributed by atoms with Gasteiger partial charge in [-0.2, -0.15) is 0 Å². The van der Waals surface area contributed by atoms with Crippen molar-refractivity contribution in [2.75, 3.05) is 11.9 Å². The first-order valence-electron chi connectivity index (χ1n) is 7.55. The minimum atomic E-state index is -0.172. The first-order valence-corrected chi connectivity index (χ1v) is 7.55. The molecule has 2 N–H and O–H groups in total. The number of benzene rings is 2. The Hall–Kier alpha value is -2.29. The second-order valence-corrected chi connectivity index (χ2v) is 6.43. The van der Waals surface area contributed by atoms with Crippen LogP contribution in [0.15, 0.2) is 48.5 Å². The van der Waals surface area contributed by atoms with Crippen molar-refractivity contribution in [3.63, 3.8) is 0 Å². The maximum absolute atomic E-state index is 12.1. The van der Waals surface area contributed by atoms with Crippen molar-refractivity contribution in [2.24, 2.45) is 0 Å². The van der Waals surface area contributed by atoms with E-state index in [1.165, 1.54) is 5.56 Å². The van der Waals surface area contributed by atoms with Crippen molar-refractivity contribution < 1.29 is 4.79 Å². The monoisotopic (exact) mass is 296 g/mol. The van der Waals surface area contributed by atoms with Crippen LogP contribution in [0.1, 0.15) is 30.5 Å². The van der Waals surface area contributed by atoms with Gasteiger partial charge < -0.3 is 10.6 Å². The van der Waals surface area contributed by atoms with E-state index >= 15 is 0 Å². The minimum absolute atomic E-state index is 0.110. The van der Waals surface area contributed by atoms with Gasteiger partial charge in [-0.1, -0.05) is 50.2 Å². The van der Waals surface area contributed by atoms with E-state index in [0.717, 1.165) is 16.8 Å². The minimum Gasteiger partial charge on any atom is -0.337 e. The van der Waals surface area contributed by atoms with Gasteiger partial charge >= 0.3 is 6.03 Å². The summed E-state index contributed by atoms with van der Waals surface area (Å²) in [5.41, 5.74) is 4.20. The van der Waals surface area contributed by atoms with Crippen LogP contribution in [-0.4, -0.2) is 12.6 Å². The largest absolute Gasteiger partial charge is 0.337 e. The molecule has 0 saturated heterocycles. The Bertz CT molecular complexity index is 627. The van der Waals surface area contributed by atoms with E-state index in [-0.39, 0.29) is 11.4 Å². The van der Waals surface area contributed by atoms with Crippen LogP contribution >= 0.6 is 0 Å². The predicted octanol–water partition coefficient (Wildman–Crippen LogP) is 4.40. The number of urea groups is 1. The Morgan fingerprint density at radius 2 is 1.59 bits per heavy atom. The Kier molecular flexibility index (Phi) is 4.86. The zero-order valence-corrected chi connectivity index (χ0v) is 13.7. The van der Waals surface area contributed by atoms with Crippen LogP contribution < -0.4 is 10.6 Å². The molecule has 22 heavy (non-hydrogen) atoms. The number of aryl methyl sites for hydroxylation is 2. The van der Waals surface area contributed by atoms with Gasteiger partial charge in [0.15, 0.2) is 0 Å². The van der Waals surface area contributed by atoms with Crippen LogP contribution in [0.5, 0.6) is 0 Å². The van der Waals surface area contributed by atoms with Crippen molar-refractivity contribution in [1.82, 2.24) is 5.32 Å². The van der Waals surface area contributed by atoms with E-state index in [2.05, 4.69) is 42.7 Å². The topological polar surface area (TPSA) is 41.1 Å². The highest BCUT2D eigenvalue weighted by molar-refractivity contribution is 5.89. The number of nitrogens with one attached hydrogen (secondary N) is 2. The lowest BCUT2D eigenvalue weighted by atomic mass is 9.85. The number of carbonyl (C=O) groups excluding carboxylic acids is 1. The van der Waals surface area contributed by atoms with E-state index in [0.29, 0.717) is 6.54 Å². The molecule has 0 aliphatic heterocycles. The second-order valence-electron chi connectivity index (χ2n) is 6.43. The van der Waals surface area contributed by atoms with Crippen LogP contribution in [0.25, 0.3) is 0 Å². The quantitative estimate of drug-likeness (QED) is 0.862. The maximum Gasteiger partial charge on any atom is 0.319 e. The molecule has 3 heteroatoms. The second kappa shape index (κ2) is 6.65. The molecule has 0 aliphatic rings. The molecule has 2 rings (SSSR count). The molecule has 0 bridgehead atoms. The first-order chi connectivity index (χ1) is 10.4. The highest BCUT2D eigenvalue weighted by atomic mass is 16.2. The van der Waals surface area contributed by atoms with Crippen LogP contribution in [0.4, 0.5) is 10.5 Å². The molecule has 116 valence electrons. The molecule has 0 aliphatic carbocycles. The number of carbonyl (C=O) groups is 1. The van der Waals surface area contributed by atoms with Crippen LogP contribution in [0.3, 0.4) is 0 Å². The lowest BCUT2D eigenvalue weighted by Crippen LogP contribution is -2.38. The standard InChI is InChI=1S/C19H24N2O/c1-14-10-15(2)12-17(11-14)21-18(22)20-13-19(3,4)16-8-6-5-7-9-16/h5-12H,13H2,1-4H3,(H2,20,21,22). The summed E-state index contributed by atoms with van der Waals surface area (Å²) in [4.78, 5) is 12.1. The molecule has 0 aromatic heterocycles. The van der Waals surface area contributed by atoms with Crippen molar-refractivity contribution in [3.05, 3.63) is 65.2 Å². The van der Waals surface area contributed by atoms with Crippen LogP contribution in [0, 0.1) is 13.8 Å². The number of amides is 2. The number of anilines is 1. The third-order valence-electron chi connectivity index (χ3n) is 3.73. The van der Waals surface area contributed by atoms with E-state index in [9.17, 15) is 4.79 Å². The van der Waals surface area contributed by atoms with E-state index in [4.69, 9.17) is 0 Å². The van der Waals surface area contributed by atoms with Crippen molar-refractivity contribution in [2.45, 2.75) is 33.1 Å². The molecule has 0 saturated carbocycles. The van der Waals surface area contributed by atoms with Gasteiger partial charge in [-0.05, 0) is 42.7 Å². The van der Waals surface area contributed by atoms with Gasteiger partial charge in [0.25, 0.3) is 0 Å². The van der Waals surface area contributed by atoms with Crippen LogP contribution in [-0.2, 0) is 5.41 Å². The Labute approximate surface area is 132 Å². The number of rotatable bonds is 4. The molecule has 3 nitrogen and oxygen atoms in total. The Balaban J connectivity index is 1.95. The van der Waals surface area contributed by atoms with Gasteiger partial charge in [-0.25, -0.2) is 4.79 Å². The summed E-state index contributed by atoms with van der Waals surface area (Å²) in [5, 5.41) is 5.86. The molecule has 0 fully saturated rings. The number of hydrogen-bond acceptors (Lipinski definition) is 1. The Morgan fingerprint density at radius 3 is 2.18 bits per heavy atom. The van der Waals surface area contributed by atoms with Crippen molar-refractivity contribution in [1.29, 1.82) is 0 Å². The van der Waals surface area contributed by atoms with Gasteiger partial charge in [0.1, 0.15) is 0 Å². The third-order valence-corrected chi connectivity index (χ3v) is 3.73. The zero-order chi connectivity index (χ0) is 16.2. The summed E-state index contributed by atoms with van der Waals surface area (Å²) in [6.07, 6.45) is 0. The van der Waals surface area contributed by atoms with Crippen LogP contribution in [0.2, 0.25) is 0 Å². The Morgan fingerprint density at radius 1 is 1.00 bits per heavy atom. The molecule has 2 amide bonds. The lowest BCUT2D eigenvalue weighted by Gasteiger charge is -2.25. The molecular weight excluding hydrogens is 272 g/mol. The maximum atomic E-state index is 12.1. The molecule has 0 atom stereocenters. The predicted molar refractivity (Wildman–Crippen MR) is 92.4 cm³/mol. The highest BCUT2D eigenvalue weighted by Gasteiger charge is 2.21.